The van der Waals surface area contributed by atoms with Crippen LogP contribution in [0.1, 0.15) is 30.6 Å². The van der Waals surface area contributed by atoms with Crippen molar-refractivity contribution in [2.45, 2.75) is 26.3 Å². The third-order valence-electron chi connectivity index (χ3n) is 3.74. The van der Waals surface area contributed by atoms with Gasteiger partial charge in [-0.2, -0.15) is 4.98 Å². The summed E-state index contributed by atoms with van der Waals surface area (Å²) in [6.07, 6.45) is 1.87. The third kappa shape index (κ3) is 5.19. The van der Waals surface area contributed by atoms with E-state index in [1.54, 1.807) is 12.1 Å². The van der Waals surface area contributed by atoms with Crippen molar-refractivity contribution in [1.82, 2.24) is 15.0 Å². The van der Waals surface area contributed by atoms with Crippen LogP contribution in [0, 0.1) is 5.92 Å². The molecule has 0 aliphatic carbocycles. The van der Waals surface area contributed by atoms with Gasteiger partial charge in [0.1, 0.15) is 11.6 Å². The fourth-order valence-electron chi connectivity index (χ4n) is 2.45. The molecular weight excluding hydrogens is 366 g/mol. The first-order chi connectivity index (χ1) is 13.2. The highest BCUT2D eigenvalue weighted by atomic mass is 16.5. The molecule has 2 rings (SSSR count). The van der Waals surface area contributed by atoms with Gasteiger partial charge in [-0.05, 0) is 18.4 Å². The molecule has 2 aromatic heterocycles. The molecule has 2 heterocycles. The monoisotopic (exact) mass is 389 g/mol. The van der Waals surface area contributed by atoms with Gasteiger partial charge in [0.2, 0.25) is 17.7 Å². The average molecular weight is 389 g/mol. The van der Waals surface area contributed by atoms with E-state index in [0.717, 1.165) is 0 Å². The maximum absolute atomic E-state index is 12.3. The van der Waals surface area contributed by atoms with Gasteiger partial charge in [-0.25, -0.2) is 4.98 Å². The number of nitrogens with one attached hydrogen (secondary N) is 3. The van der Waals surface area contributed by atoms with Gasteiger partial charge < -0.3 is 26.8 Å². The highest BCUT2D eigenvalue weighted by molar-refractivity contribution is 5.98. The Morgan fingerprint density at radius 1 is 1.29 bits per heavy atom. The number of carbonyl (C=O) groups excluding carboxylic acids is 2. The van der Waals surface area contributed by atoms with Crippen LogP contribution < -0.4 is 32.4 Å². The molecule has 7 N–H and O–H groups in total. The molecule has 0 saturated heterocycles. The SMILES string of the molecule is COc1ccc(Nc2nc(N[C@H](CC(C)C)C(N)=O)[nH]c(=O)c2C(N)=O)cn1. The summed E-state index contributed by atoms with van der Waals surface area (Å²) in [6, 6.07) is 2.46. The number of aromatic nitrogens is 3. The second-order valence-corrected chi connectivity index (χ2v) is 6.45. The van der Waals surface area contributed by atoms with Crippen molar-refractivity contribution in [2.75, 3.05) is 17.7 Å². The lowest BCUT2D eigenvalue weighted by molar-refractivity contribution is -0.119. The number of amides is 2. The standard InChI is InChI=1S/C17H23N7O4/c1-8(2)6-10(13(18)25)22-17-23-15(12(14(19)26)16(27)24-17)21-9-4-5-11(28-3)20-7-9/h4-5,7-8,10H,6H2,1-3H3,(H2,18,25)(H2,19,26)(H3,21,22,23,24,27)/t10-/m1/s1. The number of rotatable bonds is 9. The van der Waals surface area contributed by atoms with E-state index in [2.05, 4.69) is 25.6 Å². The molecule has 28 heavy (non-hydrogen) atoms. The summed E-state index contributed by atoms with van der Waals surface area (Å²) in [5, 5.41) is 5.62. The zero-order chi connectivity index (χ0) is 20.8. The molecule has 150 valence electrons. The van der Waals surface area contributed by atoms with Crippen molar-refractivity contribution < 1.29 is 14.3 Å². The van der Waals surface area contributed by atoms with Crippen molar-refractivity contribution in [3.05, 3.63) is 34.2 Å². The summed E-state index contributed by atoms with van der Waals surface area (Å²) in [5.74, 6) is -1.10. The smallest absolute Gasteiger partial charge is 0.267 e. The number of aromatic amines is 1. The topological polar surface area (TPSA) is 178 Å². The summed E-state index contributed by atoms with van der Waals surface area (Å²) in [6.45, 7) is 3.85. The Hall–Kier alpha value is -3.63. The molecule has 0 spiro atoms. The van der Waals surface area contributed by atoms with Crippen molar-refractivity contribution in [3.63, 3.8) is 0 Å². The number of ether oxygens (including phenoxy) is 1. The summed E-state index contributed by atoms with van der Waals surface area (Å²) in [4.78, 5) is 46.3. The van der Waals surface area contributed by atoms with E-state index in [1.807, 2.05) is 13.8 Å². The van der Waals surface area contributed by atoms with Gasteiger partial charge in [0, 0.05) is 6.07 Å². The summed E-state index contributed by atoms with van der Waals surface area (Å²) in [7, 11) is 1.48. The van der Waals surface area contributed by atoms with Crippen molar-refractivity contribution >= 4 is 29.3 Å². The number of anilines is 3. The summed E-state index contributed by atoms with van der Waals surface area (Å²) in [5.41, 5.74) is 10.0. The second kappa shape index (κ2) is 8.84. The Morgan fingerprint density at radius 2 is 2.00 bits per heavy atom. The zero-order valence-electron chi connectivity index (χ0n) is 15.8. The van der Waals surface area contributed by atoms with Crippen LogP contribution in [-0.4, -0.2) is 39.9 Å². The molecule has 0 aliphatic rings. The van der Waals surface area contributed by atoms with Crippen LogP contribution >= 0.6 is 0 Å². The molecule has 11 nitrogen and oxygen atoms in total. The first-order valence-corrected chi connectivity index (χ1v) is 8.48. The van der Waals surface area contributed by atoms with Crippen LogP contribution in [0.15, 0.2) is 23.1 Å². The number of H-pyrrole nitrogens is 1. The molecule has 0 radical (unpaired) electrons. The van der Waals surface area contributed by atoms with Gasteiger partial charge in [-0.1, -0.05) is 13.8 Å². The number of pyridine rings is 1. The van der Waals surface area contributed by atoms with Gasteiger partial charge >= 0.3 is 0 Å². The van der Waals surface area contributed by atoms with E-state index in [0.29, 0.717) is 18.0 Å². The van der Waals surface area contributed by atoms with Gasteiger partial charge in [0.25, 0.3) is 11.5 Å². The number of nitrogens with zero attached hydrogens (tertiary/aromatic N) is 2. The van der Waals surface area contributed by atoms with Crippen molar-refractivity contribution in [1.29, 1.82) is 0 Å². The molecule has 2 aromatic rings. The third-order valence-corrected chi connectivity index (χ3v) is 3.74. The van der Waals surface area contributed by atoms with Crippen LogP contribution in [-0.2, 0) is 4.79 Å². The molecule has 1 atom stereocenters. The van der Waals surface area contributed by atoms with Crippen molar-refractivity contribution in [3.8, 4) is 5.88 Å². The van der Waals surface area contributed by atoms with Crippen LogP contribution in [0.5, 0.6) is 5.88 Å². The minimum atomic E-state index is -0.960. The van der Waals surface area contributed by atoms with Crippen LogP contribution in [0.2, 0.25) is 0 Å². The van der Waals surface area contributed by atoms with E-state index >= 15 is 0 Å². The number of carbonyl (C=O) groups is 2. The predicted octanol–water partition coefficient (Wildman–Crippen LogP) is 0.328. The maximum atomic E-state index is 12.3. The molecule has 0 fully saturated rings. The molecule has 0 aromatic carbocycles. The normalized spacial score (nSPS) is 11.7. The Morgan fingerprint density at radius 3 is 2.50 bits per heavy atom. The highest BCUT2D eigenvalue weighted by Gasteiger charge is 2.21. The number of hydrogen-bond donors (Lipinski definition) is 5. The fourth-order valence-corrected chi connectivity index (χ4v) is 2.45. The quantitative estimate of drug-likeness (QED) is 0.407. The van der Waals surface area contributed by atoms with E-state index in [9.17, 15) is 14.4 Å². The van der Waals surface area contributed by atoms with E-state index < -0.39 is 23.4 Å². The largest absolute Gasteiger partial charge is 0.481 e. The molecule has 0 bridgehead atoms. The second-order valence-electron chi connectivity index (χ2n) is 6.45. The van der Waals surface area contributed by atoms with Gasteiger partial charge in [0.05, 0.1) is 19.0 Å². The highest BCUT2D eigenvalue weighted by Crippen LogP contribution is 2.19. The number of primary amides is 2. The minimum Gasteiger partial charge on any atom is -0.481 e. The maximum Gasteiger partial charge on any atom is 0.267 e. The molecular formula is C17H23N7O4. The lowest BCUT2D eigenvalue weighted by Gasteiger charge is -2.18. The molecule has 11 heteroatoms. The zero-order valence-corrected chi connectivity index (χ0v) is 15.8. The van der Waals surface area contributed by atoms with Crippen LogP contribution in [0.4, 0.5) is 17.5 Å². The number of hydrogen-bond acceptors (Lipinski definition) is 8. The van der Waals surface area contributed by atoms with E-state index in [-0.39, 0.29) is 23.2 Å². The first kappa shape index (κ1) is 20.7. The predicted molar refractivity (Wildman–Crippen MR) is 104 cm³/mol. The Kier molecular flexibility index (Phi) is 6.53. The Labute approximate surface area is 160 Å². The van der Waals surface area contributed by atoms with Gasteiger partial charge in [-0.3, -0.25) is 19.4 Å². The Bertz CT molecular complexity index is 909. The molecule has 2 amide bonds. The summed E-state index contributed by atoms with van der Waals surface area (Å²) >= 11 is 0. The lowest BCUT2D eigenvalue weighted by atomic mass is 10.0. The average Bonchev–Trinajstić information content (AvgIpc) is 2.60. The van der Waals surface area contributed by atoms with Crippen LogP contribution in [0.3, 0.4) is 0 Å². The molecule has 0 saturated carbocycles. The van der Waals surface area contributed by atoms with Gasteiger partial charge in [0.15, 0.2) is 5.82 Å². The van der Waals surface area contributed by atoms with Gasteiger partial charge in [-0.15, -0.1) is 0 Å². The lowest BCUT2D eigenvalue weighted by Crippen LogP contribution is -2.38. The molecule has 0 unspecified atom stereocenters. The minimum absolute atomic E-state index is 0.0246. The van der Waals surface area contributed by atoms with Crippen LogP contribution in [0.25, 0.3) is 0 Å². The number of nitrogens with two attached hydrogens (primary N) is 2. The Balaban J connectivity index is 2.40. The molecule has 0 aliphatic heterocycles. The van der Waals surface area contributed by atoms with E-state index in [4.69, 9.17) is 16.2 Å². The van der Waals surface area contributed by atoms with Crippen molar-refractivity contribution in [2.24, 2.45) is 17.4 Å². The first-order valence-electron chi connectivity index (χ1n) is 8.48. The van der Waals surface area contributed by atoms with E-state index in [1.165, 1.54) is 13.3 Å². The fraction of sp³-hybridized carbons (Fsp3) is 0.353. The number of methoxy groups -OCH3 is 1. The summed E-state index contributed by atoms with van der Waals surface area (Å²) < 4.78 is 4.98.